The van der Waals surface area contributed by atoms with Crippen LogP contribution in [-0.2, 0) is 9.47 Å². The number of ether oxygens (including phenoxy) is 2. The summed E-state index contributed by atoms with van der Waals surface area (Å²) in [4.78, 5) is 0. The highest BCUT2D eigenvalue weighted by Gasteiger charge is 2.18. The first-order valence-corrected chi connectivity index (χ1v) is 5.55. The van der Waals surface area contributed by atoms with Gasteiger partial charge in [-0.15, -0.1) is 0 Å². The van der Waals surface area contributed by atoms with Crippen LogP contribution in [0.5, 0.6) is 0 Å². The Labute approximate surface area is 87.2 Å². The molecule has 1 rings (SSSR count). The van der Waals surface area contributed by atoms with E-state index in [0.717, 1.165) is 12.5 Å². The first-order valence-electron chi connectivity index (χ1n) is 5.55. The molecule has 3 nitrogen and oxygen atoms in total. The van der Waals surface area contributed by atoms with Crippen molar-refractivity contribution in [3.05, 3.63) is 0 Å². The predicted molar refractivity (Wildman–Crippen MR) is 57.2 cm³/mol. The largest absolute Gasteiger partial charge is 0.355 e. The van der Waals surface area contributed by atoms with Gasteiger partial charge in [-0.1, -0.05) is 6.92 Å². The minimum Gasteiger partial charge on any atom is -0.355 e. The molecule has 1 N–H and O–H groups in total. The third-order valence-electron chi connectivity index (χ3n) is 3.11. The van der Waals surface area contributed by atoms with Gasteiger partial charge in [-0.25, -0.2) is 0 Å². The van der Waals surface area contributed by atoms with Crippen LogP contribution < -0.4 is 5.32 Å². The standard InChI is InChI=1S/C11H23NO2/c1-9-4-6-10(7-5-9)12-8-11(13-2)14-3/h9-12H,4-8H2,1-3H3. The number of methoxy groups -OCH3 is 2. The summed E-state index contributed by atoms with van der Waals surface area (Å²) in [7, 11) is 3.36. The monoisotopic (exact) mass is 201 g/mol. The minimum atomic E-state index is -0.102. The molecular weight excluding hydrogens is 178 g/mol. The van der Waals surface area contributed by atoms with E-state index in [0.29, 0.717) is 6.04 Å². The van der Waals surface area contributed by atoms with Crippen molar-refractivity contribution in [1.82, 2.24) is 5.32 Å². The molecule has 0 aromatic carbocycles. The van der Waals surface area contributed by atoms with Gasteiger partial charge in [0.05, 0.1) is 0 Å². The molecular formula is C11H23NO2. The average molecular weight is 201 g/mol. The summed E-state index contributed by atoms with van der Waals surface area (Å²) in [5.74, 6) is 0.911. The first-order chi connectivity index (χ1) is 6.76. The summed E-state index contributed by atoms with van der Waals surface area (Å²) in [6, 6.07) is 0.666. The van der Waals surface area contributed by atoms with Crippen molar-refractivity contribution in [2.24, 2.45) is 5.92 Å². The molecule has 0 unspecified atom stereocenters. The number of rotatable bonds is 5. The fourth-order valence-electron chi connectivity index (χ4n) is 1.99. The summed E-state index contributed by atoms with van der Waals surface area (Å²) in [5, 5.41) is 3.49. The lowest BCUT2D eigenvalue weighted by Gasteiger charge is -2.28. The summed E-state index contributed by atoms with van der Waals surface area (Å²) in [6.45, 7) is 3.13. The molecule has 0 amide bonds. The lowest BCUT2D eigenvalue weighted by Crippen LogP contribution is -2.39. The zero-order valence-corrected chi connectivity index (χ0v) is 9.58. The Morgan fingerprint density at radius 3 is 2.21 bits per heavy atom. The molecule has 1 fully saturated rings. The molecule has 1 aliphatic rings. The zero-order valence-electron chi connectivity index (χ0n) is 9.58. The zero-order chi connectivity index (χ0) is 10.4. The Hall–Kier alpha value is -0.120. The Kier molecular flexibility index (Phi) is 5.45. The van der Waals surface area contributed by atoms with E-state index in [-0.39, 0.29) is 6.29 Å². The molecule has 0 heterocycles. The van der Waals surface area contributed by atoms with Crippen LogP contribution >= 0.6 is 0 Å². The Morgan fingerprint density at radius 1 is 1.14 bits per heavy atom. The lowest BCUT2D eigenvalue weighted by atomic mass is 9.87. The Bertz CT molecular complexity index is 140. The molecule has 0 radical (unpaired) electrons. The van der Waals surface area contributed by atoms with Crippen LogP contribution in [-0.4, -0.2) is 33.1 Å². The lowest BCUT2D eigenvalue weighted by molar-refractivity contribution is -0.100. The maximum atomic E-state index is 5.13. The Balaban J connectivity index is 2.12. The highest BCUT2D eigenvalue weighted by molar-refractivity contribution is 4.75. The van der Waals surface area contributed by atoms with Crippen LogP contribution in [0.1, 0.15) is 32.6 Å². The van der Waals surface area contributed by atoms with E-state index in [1.165, 1.54) is 25.7 Å². The quantitative estimate of drug-likeness (QED) is 0.688. The smallest absolute Gasteiger partial charge is 0.169 e. The van der Waals surface area contributed by atoms with Crippen molar-refractivity contribution in [2.75, 3.05) is 20.8 Å². The Morgan fingerprint density at radius 2 is 1.71 bits per heavy atom. The van der Waals surface area contributed by atoms with Crippen LogP contribution in [0.25, 0.3) is 0 Å². The molecule has 14 heavy (non-hydrogen) atoms. The van der Waals surface area contributed by atoms with Crippen LogP contribution in [0.4, 0.5) is 0 Å². The van der Waals surface area contributed by atoms with E-state index in [1.807, 2.05) is 0 Å². The van der Waals surface area contributed by atoms with Gasteiger partial charge in [0.25, 0.3) is 0 Å². The topological polar surface area (TPSA) is 30.5 Å². The van der Waals surface area contributed by atoms with E-state index >= 15 is 0 Å². The molecule has 0 spiro atoms. The first kappa shape index (κ1) is 12.0. The molecule has 3 heteroatoms. The second-order valence-corrected chi connectivity index (χ2v) is 4.27. The van der Waals surface area contributed by atoms with Gasteiger partial charge in [0, 0.05) is 26.8 Å². The van der Waals surface area contributed by atoms with Crippen LogP contribution in [0.15, 0.2) is 0 Å². The summed E-state index contributed by atoms with van der Waals surface area (Å²) in [6.07, 6.45) is 5.18. The average Bonchev–Trinajstić information content (AvgIpc) is 2.22. The number of hydrogen-bond acceptors (Lipinski definition) is 3. The number of nitrogens with one attached hydrogen (secondary N) is 1. The molecule has 1 saturated carbocycles. The minimum absolute atomic E-state index is 0.102. The van der Waals surface area contributed by atoms with Gasteiger partial charge in [-0.2, -0.15) is 0 Å². The molecule has 0 aromatic heterocycles. The van der Waals surface area contributed by atoms with E-state index in [9.17, 15) is 0 Å². The van der Waals surface area contributed by atoms with E-state index < -0.39 is 0 Å². The van der Waals surface area contributed by atoms with Gasteiger partial charge in [0.2, 0.25) is 0 Å². The molecule has 0 saturated heterocycles. The summed E-state index contributed by atoms with van der Waals surface area (Å²) >= 11 is 0. The fourth-order valence-corrected chi connectivity index (χ4v) is 1.99. The van der Waals surface area contributed by atoms with Gasteiger partial charge in [0.15, 0.2) is 6.29 Å². The van der Waals surface area contributed by atoms with Crippen molar-refractivity contribution in [1.29, 1.82) is 0 Å². The van der Waals surface area contributed by atoms with Gasteiger partial charge < -0.3 is 14.8 Å². The number of hydrogen-bond donors (Lipinski definition) is 1. The molecule has 0 bridgehead atoms. The maximum Gasteiger partial charge on any atom is 0.169 e. The molecule has 84 valence electrons. The van der Waals surface area contributed by atoms with Crippen molar-refractivity contribution >= 4 is 0 Å². The van der Waals surface area contributed by atoms with Crippen molar-refractivity contribution in [3.8, 4) is 0 Å². The summed E-state index contributed by atoms with van der Waals surface area (Å²) < 4.78 is 10.3. The molecule has 0 aromatic rings. The third kappa shape index (κ3) is 3.95. The highest BCUT2D eigenvalue weighted by atomic mass is 16.7. The van der Waals surface area contributed by atoms with Crippen LogP contribution in [0.3, 0.4) is 0 Å². The molecule has 1 aliphatic carbocycles. The fraction of sp³-hybridized carbons (Fsp3) is 1.00. The van der Waals surface area contributed by atoms with Gasteiger partial charge in [-0.3, -0.25) is 0 Å². The van der Waals surface area contributed by atoms with Crippen molar-refractivity contribution in [3.63, 3.8) is 0 Å². The van der Waals surface area contributed by atoms with Gasteiger partial charge in [0.1, 0.15) is 0 Å². The molecule has 0 atom stereocenters. The molecule has 0 aliphatic heterocycles. The normalized spacial score (nSPS) is 28.3. The van der Waals surface area contributed by atoms with Crippen molar-refractivity contribution < 1.29 is 9.47 Å². The SMILES string of the molecule is COC(CNC1CCC(C)CC1)OC. The maximum absolute atomic E-state index is 5.13. The summed E-state index contributed by atoms with van der Waals surface area (Å²) in [5.41, 5.74) is 0. The van der Waals surface area contributed by atoms with Crippen LogP contribution in [0.2, 0.25) is 0 Å². The van der Waals surface area contributed by atoms with E-state index in [4.69, 9.17) is 9.47 Å². The second kappa shape index (κ2) is 6.38. The third-order valence-corrected chi connectivity index (χ3v) is 3.11. The van der Waals surface area contributed by atoms with Crippen molar-refractivity contribution in [2.45, 2.75) is 44.9 Å². The predicted octanol–water partition coefficient (Wildman–Crippen LogP) is 1.77. The van der Waals surface area contributed by atoms with Gasteiger partial charge >= 0.3 is 0 Å². The van der Waals surface area contributed by atoms with Crippen LogP contribution in [0, 0.1) is 5.92 Å². The second-order valence-electron chi connectivity index (χ2n) is 4.27. The van der Waals surface area contributed by atoms with E-state index in [1.54, 1.807) is 14.2 Å². The van der Waals surface area contributed by atoms with E-state index in [2.05, 4.69) is 12.2 Å². The van der Waals surface area contributed by atoms with Gasteiger partial charge in [-0.05, 0) is 31.6 Å². The highest BCUT2D eigenvalue weighted by Crippen LogP contribution is 2.23.